The van der Waals surface area contributed by atoms with Gasteiger partial charge in [-0.3, -0.25) is 4.79 Å². The molecule has 5 nitrogen and oxygen atoms in total. The molecule has 0 aliphatic carbocycles. The van der Waals surface area contributed by atoms with Crippen LogP contribution in [0.25, 0.3) is 0 Å². The molecule has 1 aliphatic rings. The summed E-state index contributed by atoms with van der Waals surface area (Å²) in [5.41, 5.74) is 1.58. The fraction of sp³-hybridized carbons (Fsp3) is 0.278. The number of hydrogen-bond acceptors (Lipinski definition) is 3. The van der Waals surface area contributed by atoms with E-state index < -0.39 is 11.8 Å². The number of hydrogen-bond donors (Lipinski definition) is 1. The fourth-order valence-corrected chi connectivity index (χ4v) is 2.96. The normalized spacial score (nSPS) is 17.0. The zero-order valence-corrected chi connectivity index (χ0v) is 13.0. The SMILES string of the molecule is O=C(O)c1ccc(CC2CCN(C(=O)c3ccc(F)cn3)C2)cc1. The van der Waals surface area contributed by atoms with E-state index in [0.29, 0.717) is 19.0 Å². The summed E-state index contributed by atoms with van der Waals surface area (Å²) in [6.45, 7) is 1.27. The number of aromatic carboxylic acids is 1. The molecule has 0 bridgehead atoms. The second-order valence-electron chi connectivity index (χ2n) is 5.97. The molecule has 1 aromatic carbocycles. The molecule has 1 aliphatic heterocycles. The molecule has 6 heteroatoms. The summed E-state index contributed by atoms with van der Waals surface area (Å²) in [5, 5.41) is 8.91. The Kier molecular flexibility index (Phi) is 4.55. The van der Waals surface area contributed by atoms with E-state index in [0.717, 1.165) is 24.6 Å². The molecule has 24 heavy (non-hydrogen) atoms. The van der Waals surface area contributed by atoms with Gasteiger partial charge in [-0.1, -0.05) is 12.1 Å². The summed E-state index contributed by atoms with van der Waals surface area (Å²) >= 11 is 0. The van der Waals surface area contributed by atoms with Gasteiger partial charge in [0.25, 0.3) is 5.91 Å². The molecule has 0 saturated carbocycles. The van der Waals surface area contributed by atoms with Crippen LogP contribution in [0.4, 0.5) is 4.39 Å². The topological polar surface area (TPSA) is 70.5 Å². The highest BCUT2D eigenvalue weighted by molar-refractivity contribution is 5.92. The van der Waals surface area contributed by atoms with Crippen LogP contribution < -0.4 is 0 Å². The zero-order valence-electron chi connectivity index (χ0n) is 13.0. The average Bonchev–Trinajstić information content (AvgIpc) is 3.04. The van der Waals surface area contributed by atoms with Crippen LogP contribution in [0.5, 0.6) is 0 Å². The number of likely N-dealkylation sites (tertiary alicyclic amines) is 1. The predicted octanol–water partition coefficient (Wildman–Crippen LogP) is 2.62. The Hall–Kier alpha value is -2.76. The first-order valence-corrected chi connectivity index (χ1v) is 7.76. The van der Waals surface area contributed by atoms with Crippen molar-refractivity contribution in [1.29, 1.82) is 0 Å². The number of halogens is 1. The van der Waals surface area contributed by atoms with E-state index in [4.69, 9.17) is 5.11 Å². The van der Waals surface area contributed by atoms with Crippen molar-refractivity contribution in [1.82, 2.24) is 9.88 Å². The monoisotopic (exact) mass is 328 g/mol. The van der Waals surface area contributed by atoms with Gasteiger partial charge in [-0.25, -0.2) is 14.2 Å². The molecule has 1 atom stereocenters. The van der Waals surface area contributed by atoms with Crippen LogP contribution in [0.3, 0.4) is 0 Å². The Bertz CT molecular complexity index is 744. The number of pyridine rings is 1. The molecule has 1 amide bonds. The lowest BCUT2D eigenvalue weighted by Gasteiger charge is -2.16. The van der Waals surface area contributed by atoms with Crippen LogP contribution in [0.1, 0.15) is 32.8 Å². The van der Waals surface area contributed by atoms with Gasteiger partial charge in [-0.2, -0.15) is 0 Å². The summed E-state index contributed by atoms with van der Waals surface area (Å²) in [6, 6.07) is 9.45. The number of nitrogens with zero attached hydrogens (tertiary/aromatic N) is 2. The van der Waals surface area contributed by atoms with E-state index in [1.165, 1.54) is 12.1 Å². The number of carbonyl (C=O) groups is 2. The highest BCUT2D eigenvalue weighted by Crippen LogP contribution is 2.22. The summed E-state index contributed by atoms with van der Waals surface area (Å²) in [6.07, 6.45) is 2.72. The highest BCUT2D eigenvalue weighted by atomic mass is 19.1. The number of carboxylic acids is 1. The van der Waals surface area contributed by atoms with Crippen molar-refractivity contribution in [3.05, 3.63) is 65.2 Å². The van der Waals surface area contributed by atoms with Gasteiger partial charge in [0, 0.05) is 13.1 Å². The van der Waals surface area contributed by atoms with E-state index in [9.17, 15) is 14.0 Å². The Morgan fingerprint density at radius 1 is 1.21 bits per heavy atom. The van der Waals surface area contributed by atoms with Gasteiger partial charge in [0.15, 0.2) is 0 Å². The van der Waals surface area contributed by atoms with E-state index >= 15 is 0 Å². The van der Waals surface area contributed by atoms with Crippen LogP contribution in [0.15, 0.2) is 42.6 Å². The Morgan fingerprint density at radius 3 is 2.58 bits per heavy atom. The zero-order chi connectivity index (χ0) is 17.1. The van der Waals surface area contributed by atoms with Gasteiger partial charge >= 0.3 is 5.97 Å². The Labute approximate surface area is 138 Å². The van der Waals surface area contributed by atoms with E-state index in [1.807, 2.05) is 12.1 Å². The lowest BCUT2D eigenvalue weighted by molar-refractivity contribution is 0.0696. The minimum absolute atomic E-state index is 0.182. The second kappa shape index (κ2) is 6.78. The molecular weight excluding hydrogens is 311 g/mol. The van der Waals surface area contributed by atoms with Crippen molar-refractivity contribution in [3.63, 3.8) is 0 Å². The first-order chi connectivity index (χ1) is 11.5. The van der Waals surface area contributed by atoms with Crippen molar-refractivity contribution in [3.8, 4) is 0 Å². The van der Waals surface area contributed by atoms with Gasteiger partial charge in [-0.15, -0.1) is 0 Å². The molecule has 1 aromatic heterocycles. The van der Waals surface area contributed by atoms with Crippen LogP contribution in [-0.4, -0.2) is 40.0 Å². The molecule has 3 rings (SSSR count). The van der Waals surface area contributed by atoms with Crippen molar-refractivity contribution in [2.45, 2.75) is 12.8 Å². The predicted molar refractivity (Wildman–Crippen MR) is 85.3 cm³/mol. The van der Waals surface area contributed by atoms with E-state index in [1.54, 1.807) is 17.0 Å². The highest BCUT2D eigenvalue weighted by Gasteiger charge is 2.27. The van der Waals surface area contributed by atoms with Crippen LogP contribution >= 0.6 is 0 Å². The van der Waals surface area contributed by atoms with Crippen molar-refractivity contribution < 1.29 is 19.1 Å². The molecule has 1 fully saturated rings. The Balaban J connectivity index is 1.59. The summed E-state index contributed by atoms with van der Waals surface area (Å²) in [7, 11) is 0. The number of carbonyl (C=O) groups excluding carboxylic acids is 1. The summed E-state index contributed by atoms with van der Waals surface area (Å²) in [4.78, 5) is 28.8. The minimum atomic E-state index is -0.939. The minimum Gasteiger partial charge on any atom is -0.478 e. The fourth-order valence-electron chi connectivity index (χ4n) is 2.96. The summed E-state index contributed by atoms with van der Waals surface area (Å²) in [5.74, 6) is -1.26. The maximum Gasteiger partial charge on any atom is 0.335 e. The van der Waals surface area contributed by atoms with Crippen LogP contribution in [0, 0.1) is 11.7 Å². The van der Waals surface area contributed by atoms with Crippen LogP contribution in [-0.2, 0) is 6.42 Å². The van der Waals surface area contributed by atoms with Crippen molar-refractivity contribution in [2.75, 3.05) is 13.1 Å². The molecule has 2 aromatic rings. The maximum atomic E-state index is 12.9. The van der Waals surface area contributed by atoms with Crippen LogP contribution in [0.2, 0.25) is 0 Å². The van der Waals surface area contributed by atoms with E-state index in [2.05, 4.69) is 4.98 Å². The molecule has 2 heterocycles. The largest absolute Gasteiger partial charge is 0.478 e. The van der Waals surface area contributed by atoms with Crippen molar-refractivity contribution in [2.24, 2.45) is 5.92 Å². The van der Waals surface area contributed by atoms with Gasteiger partial charge in [0.05, 0.1) is 11.8 Å². The van der Waals surface area contributed by atoms with Gasteiger partial charge in [0.1, 0.15) is 11.5 Å². The van der Waals surface area contributed by atoms with Gasteiger partial charge in [-0.05, 0) is 48.6 Å². The average molecular weight is 328 g/mol. The molecule has 124 valence electrons. The third-order valence-corrected chi connectivity index (χ3v) is 4.24. The number of carboxylic acid groups (broad SMARTS) is 1. The smallest absolute Gasteiger partial charge is 0.335 e. The lowest BCUT2D eigenvalue weighted by atomic mass is 9.98. The first kappa shape index (κ1) is 16.1. The lowest BCUT2D eigenvalue weighted by Crippen LogP contribution is -2.29. The standard InChI is InChI=1S/C18H17FN2O3/c19-15-5-6-16(20-10-15)17(22)21-8-7-13(11-21)9-12-1-3-14(4-2-12)18(23)24/h1-6,10,13H,7-9,11H2,(H,23,24). The Morgan fingerprint density at radius 2 is 1.96 bits per heavy atom. The molecule has 1 saturated heterocycles. The number of aromatic nitrogens is 1. The second-order valence-corrected chi connectivity index (χ2v) is 5.97. The third kappa shape index (κ3) is 3.59. The molecular formula is C18H17FN2O3. The maximum absolute atomic E-state index is 12.9. The number of rotatable bonds is 4. The molecule has 1 N–H and O–H groups in total. The van der Waals surface area contributed by atoms with Gasteiger partial charge < -0.3 is 10.0 Å². The molecule has 1 unspecified atom stereocenters. The molecule has 0 spiro atoms. The number of benzene rings is 1. The third-order valence-electron chi connectivity index (χ3n) is 4.24. The first-order valence-electron chi connectivity index (χ1n) is 7.76. The van der Waals surface area contributed by atoms with Gasteiger partial charge in [0.2, 0.25) is 0 Å². The molecule has 0 radical (unpaired) electrons. The van der Waals surface area contributed by atoms with E-state index in [-0.39, 0.29) is 17.2 Å². The van der Waals surface area contributed by atoms with Crippen molar-refractivity contribution >= 4 is 11.9 Å². The quantitative estimate of drug-likeness (QED) is 0.936. The summed E-state index contributed by atoms with van der Waals surface area (Å²) < 4.78 is 12.9. The number of amides is 1.